The first-order valence-corrected chi connectivity index (χ1v) is 5.57. The Labute approximate surface area is 98.0 Å². The number of nitrogens with two attached hydrogens (primary N) is 1. The van der Waals surface area contributed by atoms with Crippen LogP contribution in [-0.2, 0) is 4.79 Å². The Morgan fingerprint density at radius 1 is 1.29 bits per heavy atom. The average molecular weight is 240 g/mol. The molecule has 1 amide bonds. The van der Waals surface area contributed by atoms with E-state index >= 15 is 0 Å². The SMILES string of the molecule is NC1(C(=O)Nc2ccc(F)cc2F)CCCC1. The molecule has 0 radical (unpaired) electrons. The molecule has 2 rings (SSSR count). The summed E-state index contributed by atoms with van der Waals surface area (Å²) in [6.45, 7) is 0. The Hall–Kier alpha value is -1.49. The number of amides is 1. The highest BCUT2D eigenvalue weighted by molar-refractivity contribution is 5.98. The summed E-state index contributed by atoms with van der Waals surface area (Å²) >= 11 is 0. The minimum absolute atomic E-state index is 0.0341. The van der Waals surface area contributed by atoms with Crippen LogP contribution in [0.2, 0.25) is 0 Å². The summed E-state index contributed by atoms with van der Waals surface area (Å²) in [6, 6.07) is 3.02. The summed E-state index contributed by atoms with van der Waals surface area (Å²) in [5.74, 6) is -1.87. The van der Waals surface area contributed by atoms with E-state index in [9.17, 15) is 13.6 Å². The first-order chi connectivity index (χ1) is 8.01. The molecule has 0 spiro atoms. The third kappa shape index (κ3) is 2.44. The Morgan fingerprint density at radius 2 is 1.94 bits per heavy atom. The van der Waals surface area contributed by atoms with Crippen molar-refractivity contribution in [1.82, 2.24) is 0 Å². The fourth-order valence-corrected chi connectivity index (χ4v) is 2.07. The second kappa shape index (κ2) is 4.41. The van der Waals surface area contributed by atoms with Gasteiger partial charge in [0.25, 0.3) is 0 Å². The van der Waals surface area contributed by atoms with Crippen LogP contribution < -0.4 is 11.1 Å². The first kappa shape index (κ1) is 12.0. The van der Waals surface area contributed by atoms with Gasteiger partial charge in [0, 0.05) is 6.07 Å². The number of hydrogen-bond acceptors (Lipinski definition) is 2. The maximum absolute atomic E-state index is 13.3. The van der Waals surface area contributed by atoms with Crippen LogP contribution in [0.3, 0.4) is 0 Å². The summed E-state index contributed by atoms with van der Waals surface area (Å²) in [5.41, 5.74) is 4.97. The predicted molar refractivity (Wildman–Crippen MR) is 60.4 cm³/mol. The largest absolute Gasteiger partial charge is 0.322 e. The van der Waals surface area contributed by atoms with E-state index in [1.54, 1.807) is 0 Å². The van der Waals surface area contributed by atoms with Gasteiger partial charge in [0.05, 0.1) is 11.2 Å². The van der Waals surface area contributed by atoms with E-state index in [1.807, 2.05) is 0 Å². The Kier molecular flexibility index (Phi) is 3.11. The molecule has 1 fully saturated rings. The number of rotatable bonds is 2. The minimum Gasteiger partial charge on any atom is -0.322 e. The molecule has 1 aliphatic rings. The third-order valence-electron chi connectivity index (χ3n) is 3.13. The van der Waals surface area contributed by atoms with E-state index in [1.165, 1.54) is 6.07 Å². The van der Waals surface area contributed by atoms with Crippen molar-refractivity contribution in [2.24, 2.45) is 5.73 Å². The summed E-state index contributed by atoms with van der Waals surface area (Å²) in [5, 5.41) is 2.41. The maximum atomic E-state index is 13.3. The smallest absolute Gasteiger partial charge is 0.244 e. The monoisotopic (exact) mass is 240 g/mol. The molecule has 1 aromatic carbocycles. The topological polar surface area (TPSA) is 55.1 Å². The van der Waals surface area contributed by atoms with Gasteiger partial charge < -0.3 is 11.1 Å². The average Bonchev–Trinajstić information content (AvgIpc) is 2.71. The fraction of sp³-hybridized carbons (Fsp3) is 0.417. The van der Waals surface area contributed by atoms with Crippen LogP contribution in [0, 0.1) is 11.6 Å². The van der Waals surface area contributed by atoms with E-state index in [0.29, 0.717) is 12.8 Å². The lowest BCUT2D eigenvalue weighted by Crippen LogP contribution is -2.48. The normalized spacial score (nSPS) is 18.1. The van der Waals surface area contributed by atoms with E-state index < -0.39 is 23.1 Å². The van der Waals surface area contributed by atoms with Crippen LogP contribution in [0.15, 0.2) is 18.2 Å². The van der Waals surface area contributed by atoms with Crippen LogP contribution >= 0.6 is 0 Å². The first-order valence-electron chi connectivity index (χ1n) is 5.57. The van der Waals surface area contributed by atoms with Crippen LogP contribution in [0.5, 0.6) is 0 Å². The number of hydrogen-bond donors (Lipinski definition) is 2. The van der Waals surface area contributed by atoms with Gasteiger partial charge in [0.15, 0.2) is 0 Å². The van der Waals surface area contributed by atoms with Crippen LogP contribution in [-0.4, -0.2) is 11.4 Å². The molecule has 1 aromatic rings. The van der Waals surface area contributed by atoms with Gasteiger partial charge in [-0.1, -0.05) is 12.8 Å². The molecule has 17 heavy (non-hydrogen) atoms. The summed E-state index contributed by atoms with van der Waals surface area (Å²) in [4.78, 5) is 11.9. The molecular formula is C12H14F2N2O. The van der Waals surface area contributed by atoms with Gasteiger partial charge >= 0.3 is 0 Å². The zero-order valence-corrected chi connectivity index (χ0v) is 9.30. The number of halogens is 2. The molecular weight excluding hydrogens is 226 g/mol. The van der Waals surface area contributed by atoms with Crippen molar-refractivity contribution in [1.29, 1.82) is 0 Å². The number of carbonyl (C=O) groups excluding carboxylic acids is 1. The predicted octanol–water partition coefficient (Wildman–Crippen LogP) is 2.17. The second-order valence-corrected chi connectivity index (χ2v) is 4.44. The maximum Gasteiger partial charge on any atom is 0.244 e. The van der Waals surface area contributed by atoms with Crippen molar-refractivity contribution < 1.29 is 13.6 Å². The fourth-order valence-electron chi connectivity index (χ4n) is 2.07. The summed E-state index contributed by atoms with van der Waals surface area (Å²) in [7, 11) is 0. The van der Waals surface area contributed by atoms with Crippen LogP contribution in [0.4, 0.5) is 14.5 Å². The lowest BCUT2D eigenvalue weighted by molar-refractivity contribution is -0.121. The van der Waals surface area contributed by atoms with E-state index in [2.05, 4.69) is 5.32 Å². The molecule has 1 aliphatic carbocycles. The van der Waals surface area contributed by atoms with Gasteiger partial charge in [-0.15, -0.1) is 0 Å². The number of anilines is 1. The number of carbonyl (C=O) groups is 1. The van der Waals surface area contributed by atoms with Crippen molar-refractivity contribution in [3.63, 3.8) is 0 Å². The van der Waals surface area contributed by atoms with Gasteiger partial charge in [0.2, 0.25) is 5.91 Å². The quantitative estimate of drug-likeness (QED) is 0.832. The molecule has 5 heteroatoms. The Morgan fingerprint density at radius 3 is 2.53 bits per heavy atom. The van der Waals surface area contributed by atoms with Crippen molar-refractivity contribution >= 4 is 11.6 Å². The zero-order valence-electron chi connectivity index (χ0n) is 9.30. The molecule has 3 N–H and O–H groups in total. The van der Waals surface area contributed by atoms with Gasteiger partial charge in [0.1, 0.15) is 11.6 Å². The molecule has 0 atom stereocenters. The highest BCUT2D eigenvalue weighted by atomic mass is 19.1. The van der Waals surface area contributed by atoms with E-state index in [4.69, 9.17) is 5.73 Å². The molecule has 0 aliphatic heterocycles. The van der Waals surface area contributed by atoms with Crippen molar-refractivity contribution in [2.75, 3.05) is 5.32 Å². The summed E-state index contributed by atoms with van der Waals surface area (Å²) < 4.78 is 26.0. The van der Waals surface area contributed by atoms with Crippen LogP contribution in [0.1, 0.15) is 25.7 Å². The molecule has 3 nitrogen and oxygen atoms in total. The third-order valence-corrected chi connectivity index (χ3v) is 3.13. The number of nitrogens with one attached hydrogen (secondary N) is 1. The van der Waals surface area contributed by atoms with Crippen molar-refractivity contribution in [3.05, 3.63) is 29.8 Å². The molecule has 0 bridgehead atoms. The molecule has 0 heterocycles. The highest BCUT2D eigenvalue weighted by Gasteiger charge is 2.37. The minimum atomic E-state index is -0.916. The Bertz CT molecular complexity index is 442. The summed E-state index contributed by atoms with van der Waals surface area (Å²) in [6.07, 6.45) is 2.99. The van der Waals surface area contributed by atoms with E-state index in [0.717, 1.165) is 25.0 Å². The standard InChI is InChI=1S/C12H14F2N2O/c13-8-3-4-10(9(14)7-8)16-11(17)12(15)5-1-2-6-12/h3-4,7H,1-2,5-6,15H2,(H,16,17). The Balaban J connectivity index is 2.13. The lowest BCUT2D eigenvalue weighted by atomic mass is 9.98. The van der Waals surface area contributed by atoms with Gasteiger partial charge in [-0.25, -0.2) is 8.78 Å². The van der Waals surface area contributed by atoms with Crippen molar-refractivity contribution in [3.8, 4) is 0 Å². The zero-order chi connectivity index (χ0) is 12.5. The molecule has 92 valence electrons. The van der Waals surface area contributed by atoms with E-state index in [-0.39, 0.29) is 5.69 Å². The molecule has 0 saturated heterocycles. The number of benzene rings is 1. The lowest BCUT2D eigenvalue weighted by Gasteiger charge is -2.22. The highest BCUT2D eigenvalue weighted by Crippen LogP contribution is 2.28. The molecule has 1 saturated carbocycles. The van der Waals surface area contributed by atoms with Gasteiger partial charge in [-0.3, -0.25) is 4.79 Å². The van der Waals surface area contributed by atoms with Gasteiger partial charge in [-0.05, 0) is 25.0 Å². The molecule has 0 aromatic heterocycles. The van der Waals surface area contributed by atoms with Crippen LogP contribution in [0.25, 0.3) is 0 Å². The molecule has 0 unspecified atom stereocenters. The van der Waals surface area contributed by atoms with Gasteiger partial charge in [-0.2, -0.15) is 0 Å². The van der Waals surface area contributed by atoms with Crippen molar-refractivity contribution in [2.45, 2.75) is 31.2 Å². The second-order valence-electron chi connectivity index (χ2n) is 4.44.